The second kappa shape index (κ2) is 4.33. The van der Waals surface area contributed by atoms with E-state index in [1.807, 2.05) is 0 Å². The highest BCUT2D eigenvalue weighted by Gasteiger charge is 2.51. The first-order valence-corrected chi connectivity index (χ1v) is 7.45. The Morgan fingerprint density at radius 1 is 1.06 bits per heavy atom. The Morgan fingerprint density at radius 3 is 2.17 bits per heavy atom. The Kier molecular flexibility index (Phi) is 3.38. The van der Waals surface area contributed by atoms with Gasteiger partial charge in [-0.15, -0.1) is 0 Å². The van der Waals surface area contributed by atoms with E-state index in [0.717, 1.165) is 12.3 Å². The molecule has 0 N–H and O–H groups in total. The van der Waals surface area contributed by atoms with Gasteiger partial charge in [0.05, 0.1) is 6.04 Å². The summed E-state index contributed by atoms with van der Waals surface area (Å²) in [6.07, 6.45) is 5.05. The number of hydrogen-bond acceptors (Lipinski definition) is 2. The summed E-state index contributed by atoms with van der Waals surface area (Å²) < 4.78 is 0. The lowest BCUT2D eigenvalue weighted by Gasteiger charge is -2.42. The fraction of sp³-hybridized carbons (Fsp3) is 0.938. The normalized spacial score (nSPS) is 33.8. The summed E-state index contributed by atoms with van der Waals surface area (Å²) in [7, 11) is 0. The van der Waals surface area contributed by atoms with E-state index < -0.39 is 0 Å². The summed E-state index contributed by atoms with van der Waals surface area (Å²) in [4.78, 5) is 15.3. The van der Waals surface area contributed by atoms with Crippen LogP contribution in [0.5, 0.6) is 0 Å². The minimum Gasteiger partial charge on any atom is -0.297 e. The molecule has 3 atom stereocenters. The van der Waals surface area contributed by atoms with Crippen molar-refractivity contribution in [3.05, 3.63) is 0 Å². The van der Waals surface area contributed by atoms with Crippen molar-refractivity contribution in [3.63, 3.8) is 0 Å². The molecule has 1 heterocycles. The molecule has 2 rings (SSSR count). The average Bonchev–Trinajstić information content (AvgIpc) is 2.70. The molecule has 0 amide bonds. The SMILES string of the molecule is CC(C)(C)C(=O)C1CC2CCCC2N1C(C)(C)C. The van der Waals surface area contributed by atoms with Crippen LogP contribution in [0.15, 0.2) is 0 Å². The van der Waals surface area contributed by atoms with Gasteiger partial charge in [-0.1, -0.05) is 27.2 Å². The van der Waals surface area contributed by atoms with Gasteiger partial charge in [-0.25, -0.2) is 0 Å². The smallest absolute Gasteiger partial charge is 0.155 e. The summed E-state index contributed by atoms with van der Waals surface area (Å²) in [5.74, 6) is 1.20. The van der Waals surface area contributed by atoms with Crippen LogP contribution in [0.1, 0.15) is 67.2 Å². The number of rotatable bonds is 1. The van der Waals surface area contributed by atoms with Crippen molar-refractivity contribution in [2.45, 2.75) is 84.8 Å². The fourth-order valence-electron chi connectivity index (χ4n) is 3.99. The van der Waals surface area contributed by atoms with Crippen LogP contribution in [0.2, 0.25) is 0 Å². The molecule has 104 valence electrons. The summed E-state index contributed by atoms with van der Waals surface area (Å²) >= 11 is 0. The monoisotopic (exact) mass is 251 g/mol. The first kappa shape index (κ1) is 14.0. The van der Waals surface area contributed by atoms with Gasteiger partial charge >= 0.3 is 0 Å². The number of carbonyl (C=O) groups excluding carboxylic acids is 1. The highest BCUT2D eigenvalue weighted by Crippen LogP contribution is 2.46. The van der Waals surface area contributed by atoms with Gasteiger partial charge in [0.15, 0.2) is 5.78 Å². The van der Waals surface area contributed by atoms with Crippen LogP contribution >= 0.6 is 0 Å². The van der Waals surface area contributed by atoms with Gasteiger partial charge in [0.2, 0.25) is 0 Å². The van der Waals surface area contributed by atoms with Crippen LogP contribution in [0.3, 0.4) is 0 Å². The van der Waals surface area contributed by atoms with E-state index in [9.17, 15) is 4.79 Å². The molecule has 1 aliphatic carbocycles. The largest absolute Gasteiger partial charge is 0.297 e. The van der Waals surface area contributed by atoms with Crippen molar-refractivity contribution < 1.29 is 4.79 Å². The maximum Gasteiger partial charge on any atom is 0.155 e. The van der Waals surface area contributed by atoms with Crippen LogP contribution in [0.25, 0.3) is 0 Å². The number of hydrogen-bond donors (Lipinski definition) is 0. The Hall–Kier alpha value is -0.370. The molecule has 2 fully saturated rings. The molecule has 1 aliphatic heterocycles. The Balaban J connectivity index is 2.27. The lowest BCUT2D eigenvalue weighted by molar-refractivity contribution is -0.133. The molecule has 1 saturated carbocycles. The van der Waals surface area contributed by atoms with Crippen LogP contribution < -0.4 is 0 Å². The number of likely N-dealkylation sites (tertiary alicyclic amines) is 1. The molecule has 18 heavy (non-hydrogen) atoms. The molecule has 2 heteroatoms. The summed E-state index contributed by atoms with van der Waals surface area (Å²) in [6, 6.07) is 0.807. The fourth-order valence-corrected chi connectivity index (χ4v) is 3.99. The summed E-state index contributed by atoms with van der Waals surface area (Å²) in [5.41, 5.74) is -0.109. The van der Waals surface area contributed by atoms with Gasteiger partial charge in [-0.3, -0.25) is 9.69 Å². The van der Waals surface area contributed by atoms with Gasteiger partial charge < -0.3 is 0 Å². The average molecular weight is 251 g/mol. The molecule has 2 nitrogen and oxygen atoms in total. The molecule has 1 saturated heterocycles. The Bertz CT molecular complexity index is 334. The number of carbonyl (C=O) groups is 1. The minimum atomic E-state index is -0.215. The molecule has 0 aromatic carbocycles. The van der Waals surface area contributed by atoms with Crippen molar-refractivity contribution in [3.8, 4) is 0 Å². The second-order valence-corrected chi connectivity index (χ2v) is 8.20. The Morgan fingerprint density at radius 2 is 1.67 bits per heavy atom. The zero-order chi connectivity index (χ0) is 13.7. The van der Waals surface area contributed by atoms with E-state index in [0.29, 0.717) is 11.8 Å². The van der Waals surface area contributed by atoms with Crippen LogP contribution in [-0.4, -0.2) is 28.3 Å². The minimum absolute atomic E-state index is 0.106. The van der Waals surface area contributed by atoms with Crippen molar-refractivity contribution >= 4 is 5.78 Å². The molecule has 0 aromatic rings. The molecule has 0 bridgehead atoms. The molecular weight excluding hydrogens is 222 g/mol. The van der Waals surface area contributed by atoms with Crippen LogP contribution in [0.4, 0.5) is 0 Å². The van der Waals surface area contributed by atoms with Crippen LogP contribution in [-0.2, 0) is 4.79 Å². The molecule has 0 aromatic heterocycles. The third-order valence-electron chi connectivity index (χ3n) is 4.65. The molecule has 0 radical (unpaired) electrons. The molecule has 0 spiro atoms. The Labute approximate surface area is 112 Å². The predicted molar refractivity (Wildman–Crippen MR) is 75.6 cm³/mol. The van der Waals surface area contributed by atoms with E-state index in [2.05, 4.69) is 46.4 Å². The molecular formula is C16H29NO. The van der Waals surface area contributed by atoms with Crippen molar-refractivity contribution in [1.82, 2.24) is 4.90 Å². The lowest BCUT2D eigenvalue weighted by atomic mass is 9.84. The quantitative estimate of drug-likeness (QED) is 0.709. The summed E-state index contributed by atoms with van der Waals surface area (Å²) in [6.45, 7) is 13.0. The van der Waals surface area contributed by atoms with E-state index >= 15 is 0 Å². The van der Waals surface area contributed by atoms with E-state index in [-0.39, 0.29) is 17.0 Å². The zero-order valence-corrected chi connectivity index (χ0v) is 12.9. The highest BCUT2D eigenvalue weighted by molar-refractivity contribution is 5.89. The topological polar surface area (TPSA) is 20.3 Å². The van der Waals surface area contributed by atoms with Crippen LogP contribution in [0, 0.1) is 11.3 Å². The number of Topliss-reactive ketones (excluding diaryl/α,β-unsaturated/α-hetero) is 1. The van der Waals surface area contributed by atoms with Gasteiger partial charge in [-0.05, 0) is 46.0 Å². The maximum absolute atomic E-state index is 12.7. The molecule has 3 unspecified atom stereocenters. The van der Waals surface area contributed by atoms with Gasteiger partial charge in [0.25, 0.3) is 0 Å². The molecule has 2 aliphatic rings. The number of fused-ring (bicyclic) bond motifs is 1. The lowest BCUT2D eigenvalue weighted by Crippen LogP contribution is -2.53. The van der Waals surface area contributed by atoms with Crippen molar-refractivity contribution in [1.29, 1.82) is 0 Å². The number of ketones is 1. The standard InChI is InChI=1S/C16H29NO/c1-15(2,3)14(18)13-10-11-8-7-9-12(11)17(13)16(4,5)6/h11-13H,7-10H2,1-6H3. The van der Waals surface area contributed by atoms with E-state index in [1.54, 1.807) is 0 Å². The van der Waals surface area contributed by atoms with Gasteiger partial charge in [0.1, 0.15) is 0 Å². The van der Waals surface area contributed by atoms with E-state index in [4.69, 9.17) is 0 Å². The second-order valence-electron chi connectivity index (χ2n) is 8.20. The third kappa shape index (κ3) is 2.36. The van der Waals surface area contributed by atoms with Gasteiger partial charge in [0, 0.05) is 17.0 Å². The highest BCUT2D eigenvalue weighted by atomic mass is 16.1. The van der Waals surface area contributed by atoms with E-state index in [1.165, 1.54) is 19.3 Å². The maximum atomic E-state index is 12.7. The first-order valence-electron chi connectivity index (χ1n) is 7.45. The third-order valence-corrected chi connectivity index (χ3v) is 4.65. The zero-order valence-electron chi connectivity index (χ0n) is 12.9. The predicted octanol–water partition coefficient (Wildman–Crippen LogP) is 3.64. The van der Waals surface area contributed by atoms with Crippen molar-refractivity contribution in [2.24, 2.45) is 11.3 Å². The van der Waals surface area contributed by atoms with Gasteiger partial charge in [-0.2, -0.15) is 0 Å². The summed E-state index contributed by atoms with van der Waals surface area (Å²) in [5, 5.41) is 0. The van der Waals surface area contributed by atoms with Crippen molar-refractivity contribution in [2.75, 3.05) is 0 Å². The number of nitrogens with zero attached hydrogens (tertiary/aromatic N) is 1. The first-order chi connectivity index (χ1) is 8.12.